The third-order valence-electron chi connectivity index (χ3n) is 2.35. The Morgan fingerprint density at radius 1 is 1.24 bits per heavy atom. The smallest absolute Gasteiger partial charge is 0.406 e. The second kappa shape index (κ2) is 5.92. The number of benzene rings is 1. The lowest BCUT2D eigenvalue weighted by molar-refractivity contribution is -0.274. The van der Waals surface area contributed by atoms with Gasteiger partial charge in [0.15, 0.2) is 0 Å². The molecule has 0 saturated carbocycles. The number of hydrogen-bond donors (Lipinski definition) is 3. The summed E-state index contributed by atoms with van der Waals surface area (Å²) in [6, 6.07) is 6.57. The Morgan fingerprint density at radius 3 is 2.24 bits per heavy atom. The van der Waals surface area contributed by atoms with E-state index in [-0.39, 0.29) is 29.9 Å². The largest absolute Gasteiger partial charge is 0.573 e. The first kappa shape index (κ1) is 16.6. The van der Waals surface area contributed by atoms with E-state index in [1.54, 1.807) is 0 Å². The first-order chi connectivity index (χ1) is 9.26. The zero-order valence-corrected chi connectivity index (χ0v) is 11.2. The van der Waals surface area contributed by atoms with Crippen LogP contribution in [-0.2, 0) is 0 Å². The highest BCUT2D eigenvalue weighted by atomic mass is 35.5. The van der Waals surface area contributed by atoms with Crippen molar-refractivity contribution in [2.75, 3.05) is 5.73 Å². The second-order valence-electron chi connectivity index (χ2n) is 3.82. The zero-order chi connectivity index (χ0) is 14.9. The summed E-state index contributed by atoms with van der Waals surface area (Å²) in [6.07, 6.45) is -4.73. The van der Waals surface area contributed by atoms with Crippen molar-refractivity contribution in [2.24, 2.45) is 5.73 Å². The SMILES string of the molecule is Cl.N=C(N)n1nc(-c2ccc(OC(F)(F)F)cc2)cc1N. The van der Waals surface area contributed by atoms with Gasteiger partial charge >= 0.3 is 6.36 Å². The van der Waals surface area contributed by atoms with Crippen molar-refractivity contribution in [3.8, 4) is 17.0 Å². The van der Waals surface area contributed by atoms with Gasteiger partial charge in [0, 0.05) is 11.6 Å². The first-order valence-corrected chi connectivity index (χ1v) is 5.32. The third kappa shape index (κ3) is 4.02. The van der Waals surface area contributed by atoms with Gasteiger partial charge in [0.25, 0.3) is 0 Å². The number of anilines is 1. The molecule has 0 atom stereocenters. The van der Waals surface area contributed by atoms with E-state index in [2.05, 4.69) is 9.84 Å². The Balaban J connectivity index is 0.00000220. The van der Waals surface area contributed by atoms with Crippen molar-refractivity contribution in [1.82, 2.24) is 9.78 Å². The molecular weight excluding hydrogens is 311 g/mol. The van der Waals surface area contributed by atoms with Crippen LogP contribution in [0.4, 0.5) is 19.0 Å². The van der Waals surface area contributed by atoms with E-state index in [1.807, 2.05) is 0 Å². The van der Waals surface area contributed by atoms with Gasteiger partial charge in [-0.05, 0) is 24.3 Å². The molecule has 0 fully saturated rings. The summed E-state index contributed by atoms with van der Waals surface area (Å²) in [7, 11) is 0. The van der Waals surface area contributed by atoms with Crippen LogP contribution in [0.2, 0.25) is 0 Å². The molecule has 0 radical (unpaired) electrons. The van der Waals surface area contributed by atoms with Gasteiger partial charge < -0.3 is 16.2 Å². The molecule has 0 unspecified atom stereocenters. The van der Waals surface area contributed by atoms with Crippen LogP contribution in [0.25, 0.3) is 11.3 Å². The number of halogens is 4. The van der Waals surface area contributed by atoms with Crippen LogP contribution >= 0.6 is 12.4 Å². The molecule has 2 aromatic rings. The summed E-state index contributed by atoms with van der Waals surface area (Å²) in [5.41, 5.74) is 11.8. The van der Waals surface area contributed by atoms with Gasteiger partial charge in [-0.3, -0.25) is 5.41 Å². The number of hydrogen-bond acceptors (Lipinski definition) is 4. The van der Waals surface area contributed by atoms with Crippen molar-refractivity contribution >= 4 is 24.2 Å². The van der Waals surface area contributed by atoms with Crippen molar-refractivity contribution in [1.29, 1.82) is 5.41 Å². The van der Waals surface area contributed by atoms with Gasteiger partial charge in [0.05, 0.1) is 5.69 Å². The van der Waals surface area contributed by atoms with Gasteiger partial charge in [-0.2, -0.15) is 9.78 Å². The fraction of sp³-hybridized carbons (Fsp3) is 0.0909. The molecule has 0 amide bonds. The number of nitrogens with zero attached hydrogens (tertiary/aromatic N) is 2. The standard InChI is InChI=1S/C11H10F3N5O.ClH/c12-11(13,14)20-7-3-1-6(2-4-7)8-5-9(15)19(18-8)10(16)17;/h1-5H,15H2,(H3,16,17);1H. The fourth-order valence-electron chi connectivity index (χ4n) is 1.56. The Morgan fingerprint density at radius 2 is 1.81 bits per heavy atom. The molecule has 6 nitrogen and oxygen atoms in total. The van der Waals surface area contributed by atoms with Gasteiger partial charge in [-0.15, -0.1) is 25.6 Å². The lowest BCUT2D eigenvalue weighted by Crippen LogP contribution is -2.23. The number of nitrogens with one attached hydrogen (secondary N) is 1. The van der Waals surface area contributed by atoms with Crippen molar-refractivity contribution in [3.05, 3.63) is 30.3 Å². The Kier molecular flexibility index (Phi) is 4.69. The highest BCUT2D eigenvalue weighted by Crippen LogP contribution is 2.26. The maximum atomic E-state index is 12.0. The maximum Gasteiger partial charge on any atom is 0.573 e. The topological polar surface area (TPSA) is 103 Å². The minimum Gasteiger partial charge on any atom is -0.406 e. The average molecular weight is 322 g/mol. The minimum absolute atomic E-state index is 0. The molecule has 0 spiro atoms. The number of aromatic nitrogens is 2. The van der Waals surface area contributed by atoms with E-state index in [9.17, 15) is 13.2 Å². The van der Waals surface area contributed by atoms with E-state index in [0.717, 1.165) is 16.8 Å². The van der Waals surface area contributed by atoms with Crippen molar-refractivity contribution < 1.29 is 17.9 Å². The van der Waals surface area contributed by atoms with E-state index in [1.165, 1.54) is 18.2 Å². The van der Waals surface area contributed by atoms with Crippen LogP contribution in [0.5, 0.6) is 5.75 Å². The van der Waals surface area contributed by atoms with E-state index < -0.39 is 6.36 Å². The van der Waals surface area contributed by atoms with Crippen LogP contribution in [0.3, 0.4) is 0 Å². The minimum atomic E-state index is -4.73. The molecule has 1 aromatic heterocycles. The Labute approximate surface area is 123 Å². The number of nitrogens with two attached hydrogens (primary N) is 2. The van der Waals surface area contributed by atoms with Gasteiger partial charge in [0.2, 0.25) is 5.96 Å². The number of nitrogen functional groups attached to an aromatic ring is 2. The normalized spacial score (nSPS) is 10.8. The summed E-state index contributed by atoms with van der Waals surface area (Å²) < 4.78 is 40.8. The molecule has 0 saturated heterocycles. The van der Waals surface area contributed by atoms with Crippen molar-refractivity contribution in [2.45, 2.75) is 6.36 Å². The van der Waals surface area contributed by atoms with Crippen LogP contribution in [0.1, 0.15) is 0 Å². The molecule has 21 heavy (non-hydrogen) atoms. The summed E-state index contributed by atoms with van der Waals surface area (Å²) in [5, 5.41) is 11.2. The summed E-state index contributed by atoms with van der Waals surface area (Å²) in [4.78, 5) is 0. The van der Waals surface area contributed by atoms with Crippen LogP contribution in [0.15, 0.2) is 30.3 Å². The molecule has 0 bridgehead atoms. The molecule has 114 valence electrons. The molecule has 2 rings (SSSR count). The van der Waals surface area contributed by atoms with Gasteiger partial charge in [-0.1, -0.05) is 0 Å². The van der Waals surface area contributed by atoms with Crippen LogP contribution < -0.4 is 16.2 Å². The predicted octanol–water partition coefficient (Wildman–Crippen LogP) is 2.19. The Hall–Kier alpha value is -2.42. The van der Waals surface area contributed by atoms with Gasteiger partial charge in [-0.25, -0.2) is 0 Å². The Bertz CT molecular complexity index is 638. The quantitative estimate of drug-likeness (QED) is 0.582. The van der Waals surface area contributed by atoms with Crippen LogP contribution in [0, 0.1) is 5.41 Å². The molecule has 0 aliphatic carbocycles. The highest BCUT2D eigenvalue weighted by molar-refractivity contribution is 5.85. The third-order valence-corrected chi connectivity index (χ3v) is 2.35. The lowest BCUT2D eigenvalue weighted by atomic mass is 10.1. The number of alkyl halides is 3. The predicted molar refractivity (Wildman–Crippen MR) is 73.3 cm³/mol. The van der Waals surface area contributed by atoms with Gasteiger partial charge in [0.1, 0.15) is 11.6 Å². The molecular formula is C11H11ClF3N5O. The molecule has 5 N–H and O–H groups in total. The zero-order valence-electron chi connectivity index (χ0n) is 10.4. The highest BCUT2D eigenvalue weighted by Gasteiger charge is 2.30. The summed E-state index contributed by atoms with van der Waals surface area (Å²) >= 11 is 0. The van der Waals surface area contributed by atoms with Crippen molar-refractivity contribution in [3.63, 3.8) is 0 Å². The number of rotatable bonds is 2. The van der Waals surface area contributed by atoms with Crippen LogP contribution in [-0.4, -0.2) is 22.1 Å². The number of ether oxygens (including phenoxy) is 1. The average Bonchev–Trinajstić information content (AvgIpc) is 2.70. The first-order valence-electron chi connectivity index (χ1n) is 5.32. The second-order valence-corrected chi connectivity index (χ2v) is 3.82. The fourth-order valence-corrected chi connectivity index (χ4v) is 1.56. The van der Waals surface area contributed by atoms with E-state index in [4.69, 9.17) is 16.9 Å². The summed E-state index contributed by atoms with van der Waals surface area (Å²) in [6.45, 7) is 0. The molecule has 0 aliphatic heterocycles. The molecule has 10 heteroatoms. The van der Waals surface area contributed by atoms with E-state index in [0.29, 0.717) is 11.3 Å². The summed E-state index contributed by atoms with van der Waals surface area (Å²) in [5.74, 6) is -0.533. The van der Waals surface area contributed by atoms with E-state index >= 15 is 0 Å². The monoisotopic (exact) mass is 321 g/mol. The maximum absolute atomic E-state index is 12.0. The molecule has 0 aliphatic rings. The lowest BCUT2D eigenvalue weighted by Gasteiger charge is -2.08. The molecule has 1 aromatic carbocycles. The molecule has 1 heterocycles.